The van der Waals surface area contributed by atoms with Crippen LogP contribution in [-0.4, -0.2) is 41.9 Å². The number of aliphatic hydroxyl groups is 1. The van der Waals surface area contributed by atoms with E-state index in [1.807, 2.05) is 5.57 Å². The molecule has 0 aromatic carbocycles. The van der Waals surface area contributed by atoms with Crippen LogP contribution < -0.4 is 4.57 Å². The molecule has 5 aliphatic rings. The fraction of sp³-hybridized carbons (Fsp3) is 0.710. The molecule has 2 heterocycles. The second kappa shape index (κ2) is 8.03. The Kier molecular flexibility index (Phi) is 5.43. The third kappa shape index (κ3) is 3.40. The minimum Gasteiger partial charge on any atom is -0.388 e. The van der Waals surface area contributed by atoms with Gasteiger partial charge in [-0.3, -0.25) is 0 Å². The average Bonchev–Trinajstić information content (AvgIpc) is 3.36. The molecule has 34 heavy (non-hydrogen) atoms. The Hall–Kier alpha value is -1.45. The van der Waals surface area contributed by atoms with Crippen LogP contribution in [0.15, 0.2) is 41.7 Å². The van der Waals surface area contributed by atoms with Gasteiger partial charge in [-0.05, 0) is 73.0 Å². The van der Waals surface area contributed by atoms with Crippen molar-refractivity contribution in [3.05, 3.63) is 47.3 Å². The molecule has 3 nitrogen and oxygen atoms in total. The maximum Gasteiger partial charge on any atom is 0.175 e. The smallest absolute Gasteiger partial charge is 0.175 e. The van der Waals surface area contributed by atoms with Crippen molar-refractivity contribution in [3.63, 3.8) is 0 Å². The summed E-state index contributed by atoms with van der Waals surface area (Å²) in [5, 5.41) is 11.6. The van der Waals surface area contributed by atoms with Crippen LogP contribution in [0.4, 0.5) is 0 Å². The van der Waals surface area contributed by atoms with Gasteiger partial charge in [0.15, 0.2) is 12.4 Å². The molecule has 7 atom stereocenters. The number of quaternary nitrogens is 1. The molecule has 4 aliphatic carbocycles. The number of likely N-dealkylation sites (tertiary alicyclic amines) is 1. The molecule has 3 heteroatoms. The van der Waals surface area contributed by atoms with Crippen LogP contribution >= 0.6 is 0 Å². The zero-order valence-electron chi connectivity index (χ0n) is 22.0. The molecule has 1 aromatic rings. The number of aryl methyl sites for hydroxylation is 1. The van der Waals surface area contributed by atoms with Crippen LogP contribution in [0.5, 0.6) is 0 Å². The molecule has 1 saturated heterocycles. The van der Waals surface area contributed by atoms with Gasteiger partial charge in [-0.2, -0.15) is 0 Å². The molecule has 3 saturated carbocycles. The number of aromatic nitrogens is 1. The maximum absolute atomic E-state index is 11.6. The van der Waals surface area contributed by atoms with Crippen molar-refractivity contribution >= 4 is 6.08 Å². The first-order valence-corrected chi connectivity index (χ1v) is 14.1. The zero-order valence-corrected chi connectivity index (χ0v) is 22.0. The van der Waals surface area contributed by atoms with Crippen molar-refractivity contribution in [2.24, 2.45) is 35.6 Å². The second-order valence-corrected chi connectivity index (χ2v) is 13.5. The summed E-state index contributed by atoms with van der Waals surface area (Å²) in [6.07, 6.45) is 20.7. The van der Waals surface area contributed by atoms with E-state index >= 15 is 0 Å². The normalized spacial score (nSPS) is 44.3. The fourth-order valence-electron chi connectivity index (χ4n) is 9.51. The van der Waals surface area contributed by atoms with E-state index in [-0.39, 0.29) is 11.5 Å². The molecular weight excluding hydrogens is 416 g/mol. The lowest BCUT2D eigenvalue weighted by Crippen LogP contribution is -2.56. The first-order valence-electron chi connectivity index (χ1n) is 14.1. The largest absolute Gasteiger partial charge is 0.388 e. The highest BCUT2D eigenvalue weighted by atomic mass is 16.3. The van der Waals surface area contributed by atoms with Crippen LogP contribution in [-0.2, 0) is 7.05 Å². The Labute approximate surface area is 207 Å². The predicted octanol–water partition coefficient (Wildman–Crippen LogP) is 5.44. The third-order valence-corrected chi connectivity index (χ3v) is 11.7. The van der Waals surface area contributed by atoms with Crippen LogP contribution in [0.1, 0.15) is 77.2 Å². The van der Waals surface area contributed by atoms with E-state index in [2.05, 4.69) is 69.2 Å². The topological polar surface area (TPSA) is 24.1 Å². The summed E-state index contributed by atoms with van der Waals surface area (Å²) in [4.78, 5) is 0. The Morgan fingerprint density at radius 3 is 2.65 bits per heavy atom. The van der Waals surface area contributed by atoms with Gasteiger partial charge >= 0.3 is 0 Å². The number of hydrogen-bond donors (Lipinski definition) is 1. The Balaban J connectivity index is 1.27. The molecule has 3 unspecified atom stereocenters. The molecule has 1 aromatic heterocycles. The third-order valence-electron chi connectivity index (χ3n) is 11.7. The second-order valence-electron chi connectivity index (χ2n) is 13.5. The van der Waals surface area contributed by atoms with E-state index in [4.69, 9.17) is 0 Å². The predicted molar refractivity (Wildman–Crippen MR) is 138 cm³/mol. The lowest BCUT2D eigenvalue weighted by atomic mass is 9.47. The number of nitrogens with zero attached hydrogens (tertiary/aromatic N) is 2. The van der Waals surface area contributed by atoms with Gasteiger partial charge in [-0.15, -0.1) is 0 Å². The molecule has 0 spiro atoms. The van der Waals surface area contributed by atoms with Gasteiger partial charge in [-0.1, -0.05) is 25.5 Å². The highest BCUT2D eigenvalue weighted by molar-refractivity contribution is 5.54. The summed E-state index contributed by atoms with van der Waals surface area (Å²) in [5.41, 5.74) is 4.73. The van der Waals surface area contributed by atoms with Crippen LogP contribution in [0, 0.1) is 28.6 Å². The minimum atomic E-state index is -0.294. The van der Waals surface area contributed by atoms with E-state index in [9.17, 15) is 5.11 Å². The summed E-state index contributed by atoms with van der Waals surface area (Å²) in [6, 6.07) is 5.13. The quantitative estimate of drug-likeness (QED) is 0.353. The van der Waals surface area contributed by atoms with Crippen molar-refractivity contribution in [2.45, 2.75) is 83.8 Å². The monoisotopic (exact) mass is 462 g/mol. The molecule has 0 bridgehead atoms. The van der Waals surface area contributed by atoms with E-state index in [0.717, 1.165) is 24.3 Å². The van der Waals surface area contributed by atoms with Crippen molar-refractivity contribution < 1.29 is 14.2 Å². The molecule has 4 fully saturated rings. The summed E-state index contributed by atoms with van der Waals surface area (Å²) in [6.45, 7) is 7.83. The van der Waals surface area contributed by atoms with Crippen LogP contribution in [0.25, 0.3) is 6.08 Å². The van der Waals surface area contributed by atoms with E-state index in [0.29, 0.717) is 11.3 Å². The fourth-order valence-corrected chi connectivity index (χ4v) is 9.51. The van der Waals surface area contributed by atoms with Gasteiger partial charge in [0.2, 0.25) is 0 Å². The van der Waals surface area contributed by atoms with Gasteiger partial charge in [0.25, 0.3) is 0 Å². The van der Waals surface area contributed by atoms with Crippen LogP contribution in [0.3, 0.4) is 0 Å². The summed E-state index contributed by atoms with van der Waals surface area (Å²) in [5.74, 6) is 2.14. The highest BCUT2D eigenvalue weighted by Gasteiger charge is 2.60. The van der Waals surface area contributed by atoms with Crippen molar-refractivity contribution in [1.82, 2.24) is 0 Å². The van der Waals surface area contributed by atoms with E-state index in [1.165, 1.54) is 80.1 Å². The molecule has 1 N–H and O–H groups in total. The van der Waals surface area contributed by atoms with Crippen molar-refractivity contribution in [1.29, 1.82) is 0 Å². The number of rotatable bonds is 2. The molecule has 0 amide bonds. The van der Waals surface area contributed by atoms with Crippen LogP contribution in [0.2, 0.25) is 0 Å². The van der Waals surface area contributed by atoms with Gasteiger partial charge in [0, 0.05) is 42.7 Å². The van der Waals surface area contributed by atoms with Crippen molar-refractivity contribution in [2.75, 3.05) is 20.1 Å². The summed E-state index contributed by atoms with van der Waals surface area (Å²) in [7, 11) is 4.62. The SMILES string of the molecule is C[n+]1cccc(/C=C2\CC3C4CC=C5C[C@@H]([N+]6(C)CCCC6)CC[C@]5(C)C4CC[C@]3(C)[C@H]2O)c1. The molecule has 6 rings (SSSR count). The first kappa shape index (κ1) is 23.0. The van der Waals surface area contributed by atoms with Gasteiger partial charge in [-0.25, -0.2) is 4.57 Å². The van der Waals surface area contributed by atoms with Gasteiger partial charge in [0.1, 0.15) is 7.05 Å². The number of allylic oxidation sites excluding steroid dienone is 1. The Bertz CT molecular complexity index is 1020. The minimum absolute atomic E-state index is 0.0388. The average molecular weight is 463 g/mol. The first-order chi connectivity index (χ1) is 16.2. The Morgan fingerprint density at radius 2 is 1.88 bits per heavy atom. The molecule has 184 valence electrons. The molecule has 1 aliphatic heterocycles. The van der Waals surface area contributed by atoms with E-state index < -0.39 is 0 Å². The standard InChI is InChI=1S/C31H46N2O/c1-30-13-11-25(33(4)16-5-6-17-33)20-24(30)9-10-26-27(30)12-14-31(2)28(26)19-23(29(31)34)18-22-8-7-15-32(3)21-22/h7-9,15,18,21,25-29,34H,5-6,10-14,16-17,19-20H2,1-4H3/q+2/b23-18+/t25-,26?,27?,28?,29-,30-,31-/m0/s1. The van der Waals surface area contributed by atoms with Gasteiger partial charge < -0.3 is 9.59 Å². The lowest BCUT2D eigenvalue weighted by molar-refractivity contribution is -0.923. The number of fused-ring (bicyclic) bond motifs is 5. The number of hydrogen-bond acceptors (Lipinski definition) is 1. The highest BCUT2D eigenvalue weighted by Crippen LogP contribution is 2.66. The maximum atomic E-state index is 11.6. The molecular formula is C31H46N2O+2. The van der Waals surface area contributed by atoms with Crippen molar-refractivity contribution in [3.8, 4) is 0 Å². The van der Waals surface area contributed by atoms with Gasteiger partial charge in [0.05, 0.1) is 32.3 Å². The number of pyridine rings is 1. The van der Waals surface area contributed by atoms with E-state index in [1.54, 1.807) is 0 Å². The molecule has 0 radical (unpaired) electrons. The summed E-state index contributed by atoms with van der Waals surface area (Å²) >= 11 is 0. The summed E-state index contributed by atoms with van der Waals surface area (Å²) < 4.78 is 3.44. The number of aliphatic hydroxyl groups excluding tert-OH is 1. The Morgan fingerprint density at radius 1 is 1.09 bits per heavy atom. The zero-order chi connectivity index (χ0) is 23.7. The lowest BCUT2D eigenvalue weighted by Gasteiger charge is -2.58.